The second kappa shape index (κ2) is 21.6. The molecule has 0 bridgehead atoms. The molecule has 256 valence electrons. The number of esters is 1. The van der Waals surface area contributed by atoms with Gasteiger partial charge in [-0.25, -0.2) is 9.97 Å². The first kappa shape index (κ1) is 36.6. The predicted molar refractivity (Wildman–Crippen MR) is 193 cm³/mol. The summed E-state index contributed by atoms with van der Waals surface area (Å²) in [5.74, 6) is 4.02. The van der Waals surface area contributed by atoms with Gasteiger partial charge in [0.1, 0.15) is 5.75 Å². The molecule has 4 nitrogen and oxygen atoms in total. The van der Waals surface area contributed by atoms with E-state index in [1.165, 1.54) is 147 Å². The van der Waals surface area contributed by atoms with Gasteiger partial charge in [-0.1, -0.05) is 123 Å². The molecular formula is C42H66N2O2. The maximum atomic E-state index is 13.0. The lowest BCUT2D eigenvalue weighted by Gasteiger charge is -2.37. The summed E-state index contributed by atoms with van der Waals surface area (Å²) in [6, 6.07) is 7.72. The van der Waals surface area contributed by atoms with Crippen LogP contribution in [0.15, 0.2) is 36.7 Å². The highest BCUT2D eigenvalue weighted by Crippen LogP contribution is 2.42. The summed E-state index contributed by atoms with van der Waals surface area (Å²) in [5.41, 5.74) is 2.17. The second-order valence-corrected chi connectivity index (χ2v) is 14.9. The average Bonchev–Trinajstić information content (AvgIpc) is 3.10. The molecule has 1 heterocycles. The molecule has 0 spiro atoms. The molecule has 0 atom stereocenters. The summed E-state index contributed by atoms with van der Waals surface area (Å²) in [4.78, 5) is 22.3. The molecule has 0 saturated heterocycles. The van der Waals surface area contributed by atoms with Crippen LogP contribution >= 0.6 is 0 Å². The lowest BCUT2D eigenvalue weighted by molar-refractivity contribution is -0.140. The topological polar surface area (TPSA) is 52.1 Å². The van der Waals surface area contributed by atoms with E-state index in [0.717, 1.165) is 48.4 Å². The third-order valence-electron chi connectivity index (χ3n) is 11.2. The van der Waals surface area contributed by atoms with Crippen molar-refractivity contribution in [3.63, 3.8) is 0 Å². The van der Waals surface area contributed by atoms with Crippen LogP contribution in [0, 0.1) is 23.7 Å². The zero-order chi connectivity index (χ0) is 32.2. The van der Waals surface area contributed by atoms with Gasteiger partial charge in [0.25, 0.3) is 0 Å². The number of unbranched alkanes of at least 4 members (excludes halogenated alkanes) is 13. The fourth-order valence-electron chi connectivity index (χ4n) is 8.13. The van der Waals surface area contributed by atoms with Gasteiger partial charge in [0.2, 0.25) is 0 Å². The minimum Gasteiger partial charge on any atom is -0.426 e. The van der Waals surface area contributed by atoms with E-state index < -0.39 is 0 Å². The van der Waals surface area contributed by atoms with Crippen LogP contribution in [-0.4, -0.2) is 15.9 Å². The van der Waals surface area contributed by atoms with E-state index in [2.05, 4.69) is 23.8 Å². The van der Waals surface area contributed by atoms with Gasteiger partial charge < -0.3 is 4.74 Å². The molecule has 2 aliphatic carbocycles. The number of hydrogen-bond donors (Lipinski definition) is 0. The van der Waals surface area contributed by atoms with Crippen LogP contribution in [0.4, 0.5) is 0 Å². The van der Waals surface area contributed by atoms with Gasteiger partial charge in [-0.3, -0.25) is 4.79 Å². The highest BCUT2D eigenvalue weighted by atomic mass is 16.5. The first-order valence-corrected chi connectivity index (χ1v) is 19.8. The Bertz CT molecular complexity index is 1070. The number of nitrogens with zero attached hydrogens (tertiary/aromatic N) is 2. The minimum absolute atomic E-state index is 0.0433. The summed E-state index contributed by atoms with van der Waals surface area (Å²) >= 11 is 0. The number of rotatable bonds is 21. The van der Waals surface area contributed by atoms with Crippen molar-refractivity contribution in [2.45, 2.75) is 174 Å². The van der Waals surface area contributed by atoms with Crippen LogP contribution in [0.3, 0.4) is 0 Å². The largest absolute Gasteiger partial charge is 0.426 e. The van der Waals surface area contributed by atoms with Crippen LogP contribution in [0.5, 0.6) is 5.75 Å². The maximum Gasteiger partial charge on any atom is 0.314 e. The number of hydrogen-bond acceptors (Lipinski definition) is 4. The second-order valence-electron chi connectivity index (χ2n) is 14.9. The molecule has 2 saturated carbocycles. The molecule has 4 heteroatoms. The fraction of sp³-hybridized carbons (Fsp3) is 0.738. The Morgan fingerprint density at radius 2 is 1.13 bits per heavy atom. The molecule has 1 aromatic heterocycles. The third-order valence-corrected chi connectivity index (χ3v) is 11.2. The Labute approximate surface area is 282 Å². The molecule has 2 aliphatic rings. The van der Waals surface area contributed by atoms with Crippen molar-refractivity contribution in [2.75, 3.05) is 0 Å². The predicted octanol–water partition coefficient (Wildman–Crippen LogP) is 12.5. The van der Waals surface area contributed by atoms with Crippen molar-refractivity contribution in [2.24, 2.45) is 23.7 Å². The first-order valence-electron chi connectivity index (χ1n) is 19.8. The summed E-state index contributed by atoms with van der Waals surface area (Å²) in [6.07, 6.45) is 37.1. The van der Waals surface area contributed by atoms with Gasteiger partial charge in [0.15, 0.2) is 5.82 Å². The van der Waals surface area contributed by atoms with Crippen molar-refractivity contribution >= 4 is 5.97 Å². The van der Waals surface area contributed by atoms with Crippen molar-refractivity contribution in [1.82, 2.24) is 9.97 Å². The van der Waals surface area contributed by atoms with Crippen LogP contribution in [0.2, 0.25) is 0 Å². The van der Waals surface area contributed by atoms with Gasteiger partial charge >= 0.3 is 5.97 Å². The maximum absolute atomic E-state index is 13.0. The minimum atomic E-state index is -0.0504. The molecule has 0 unspecified atom stereocenters. The van der Waals surface area contributed by atoms with Gasteiger partial charge in [0, 0.05) is 18.0 Å². The van der Waals surface area contributed by atoms with E-state index in [9.17, 15) is 4.79 Å². The molecule has 2 fully saturated rings. The van der Waals surface area contributed by atoms with E-state index in [4.69, 9.17) is 4.74 Å². The van der Waals surface area contributed by atoms with E-state index >= 15 is 0 Å². The monoisotopic (exact) mass is 631 g/mol. The highest BCUT2D eigenvalue weighted by molar-refractivity contribution is 5.75. The molecule has 0 N–H and O–H groups in total. The molecule has 0 radical (unpaired) electrons. The van der Waals surface area contributed by atoms with Gasteiger partial charge in [0.05, 0.1) is 5.92 Å². The number of carbonyl (C=O) groups excluding carboxylic acids is 1. The van der Waals surface area contributed by atoms with E-state index in [1.54, 1.807) is 0 Å². The van der Waals surface area contributed by atoms with E-state index in [0.29, 0.717) is 5.75 Å². The van der Waals surface area contributed by atoms with Crippen LogP contribution < -0.4 is 4.74 Å². The smallest absolute Gasteiger partial charge is 0.314 e. The van der Waals surface area contributed by atoms with Gasteiger partial charge in [-0.05, 0) is 98.9 Å². The van der Waals surface area contributed by atoms with Crippen LogP contribution in [0.25, 0.3) is 11.4 Å². The summed E-state index contributed by atoms with van der Waals surface area (Å²) in [6.45, 7) is 4.58. The SMILES string of the molecule is CCCCCCCCCCCCc1cnc(-c2ccc(OC(=O)[C@H]3CC[C@H]([C@H]4CC[C@H](CCCCCCC)CC4)CC3)cc2)nc1. The molecule has 1 aromatic carbocycles. The molecule has 2 aromatic rings. The number of ether oxygens (including phenoxy) is 1. The molecule has 4 rings (SSSR count). The fourth-order valence-corrected chi connectivity index (χ4v) is 8.13. The lowest BCUT2D eigenvalue weighted by atomic mass is 9.68. The summed E-state index contributed by atoms with van der Waals surface area (Å²) in [7, 11) is 0. The number of carbonyl (C=O) groups is 1. The van der Waals surface area contributed by atoms with Crippen molar-refractivity contribution < 1.29 is 9.53 Å². The van der Waals surface area contributed by atoms with E-state index in [1.807, 2.05) is 36.7 Å². The lowest BCUT2D eigenvalue weighted by Crippen LogP contribution is -2.30. The Hall–Kier alpha value is -2.23. The Kier molecular flexibility index (Phi) is 17.2. The summed E-state index contributed by atoms with van der Waals surface area (Å²) < 4.78 is 5.84. The number of benzene rings is 1. The number of aryl methyl sites for hydroxylation is 1. The third kappa shape index (κ3) is 13.1. The molecule has 0 amide bonds. The Morgan fingerprint density at radius 1 is 0.630 bits per heavy atom. The molecule has 0 aliphatic heterocycles. The van der Waals surface area contributed by atoms with E-state index in [-0.39, 0.29) is 11.9 Å². The van der Waals surface area contributed by atoms with Gasteiger partial charge in [-0.2, -0.15) is 0 Å². The van der Waals surface area contributed by atoms with Crippen molar-refractivity contribution in [3.05, 3.63) is 42.2 Å². The van der Waals surface area contributed by atoms with Crippen molar-refractivity contribution in [3.8, 4) is 17.1 Å². The zero-order valence-electron chi connectivity index (χ0n) is 29.7. The van der Waals surface area contributed by atoms with Crippen LogP contribution in [-0.2, 0) is 11.2 Å². The first-order chi connectivity index (χ1) is 22.7. The van der Waals surface area contributed by atoms with Gasteiger partial charge in [-0.15, -0.1) is 0 Å². The standard InChI is InChI=1S/C42H66N2O2/c1-3-5-7-9-10-11-12-13-15-17-19-35-32-43-41(44-33-35)38-28-30-40(31-29-38)46-42(45)39-26-24-37(25-27-39)36-22-20-34(21-23-36)18-16-14-8-6-4-2/h28-34,36-37,39H,3-27H2,1-2H3/t34-,36-,37-,39-. The number of aromatic nitrogens is 2. The zero-order valence-corrected chi connectivity index (χ0v) is 29.7. The van der Waals surface area contributed by atoms with Crippen molar-refractivity contribution in [1.29, 1.82) is 0 Å². The Balaban J connectivity index is 1.08. The molecule has 46 heavy (non-hydrogen) atoms. The average molecular weight is 631 g/mol. The summed E-state index contributed by atoms with van der Waals surface area (Å²) in [5, 5.41) is 0. The Morgan fingerprint density at radius 3 is 1.70 bits per heavy atom. The molecular weight excluding hydrogens is 564 g/mol. The highest BCUT2D eigenvalue weighted by Gasteiger charge is 2.33. The quantitative estimate of drug-likeness (QED) is 0.0782. The normalized spacial score (nSPS) is 21.7. The van der Waals surface area contributed by atoms with Crippen LogP contribution in [0.1, 0.15) is 174 Å².